The molecule has 4 heteroatoms. The topological polar surface area (TPSA) is 26.0 Å². The fourth-order valence-electron chi connectivity index (χ4n) is 2.25. The number of hydrogen-bond acceptors (Lipinski definition) is 1. The summed E-state index contributed by atoms with van der Waals surface area (Å²) in [5.74, 6) is -0.133. The van der Waals surface area contributed by atoms with Crippen molar-refractivity contribution in [3.05, 3.63) is 68.9 Å². The van der Waals surface area contributed by atoms with Crippen molar-refractivity contribution >= 4 is 27.5 Å². The van der Waals surface area contributed by atoms with Crippen molar-refractivity contribution in [3.63, 3.8) is 0 Å². The predicted molar refractivity (Wildman–Crippen MR) is 85.5 cm³/mol. The summed E-state index contributed by atoms with van der Waals surface area (Å²) >= 11 is 9.46. The smallest absolute Gasteiger partial charge is 0.142 e. The van der Waals surface area contributed by atoms with Gasteiger partial charge in [-0.2, -0.15) is 0 Å². The summed E-state index contributed by atoms with van der Waals surface area (Å²) < 4.78 is 14.5. The van der Waals surface area contributed by atoms with E-state index in [0.717, 1.165) is 16.5 Å². The summed E-state index contributed by atoms with van der Waals surface area (Å²) in [6.07, 6.45) is 1.53. The second kappa shape index (κ2) is 7.21. The van der Waals surface area contributed by atoms with Crippen LogP contribution in [0, 0.1) is 11.7 Å². The van der Waals surface area contributed by atoms with Crippen molar-refractivity contribution in [2.75, 3.05) is 6.54 Å². The average molecular weight is 357 g/mol. The summed E-state index contributed by atoms with van der Waals surface area (Å²) in [4.78, 5) is 0. The van der Waals surface area contributed by atoms with Gasteiger partial charge in [0.1, 0.15) is 5.82 Å². The molecule has 1 unspecified atom stereocenters. The molecule has 2 rings (SSSR count). The second-order valence-corrected chi connectivity index (χ2v) is 6.15. The molecule has 2 N–H and O–H groups in total. The third kappa shape index (κ3) is 4.05. The highest BCUT2D eigenvalue weighted by molar-refractivity contribution is 9.10. The number of nitrogens with two attached hydrogens (primary N) is 1. The van der Waals surface area contributed by atoms with Gasteiger partial charge in [-0.15, -0.1) is 0 Å². The van der Waals surface area contributed by atoms with Crippen LogP contribution in [-0.4, -0.2) is 6.54 Å². The van der Waals surface area contributed by atoms with Gasteiger partial charge in [-0.25, -0.2) is 4.39 Å². The van der Waals surface area contributed by atoms with Crippen LogP contribution < -0.4 is 5.73 Å². The summed E-state index contributed by atoms with van der Waals surface area (Å²) in [6, 6.07) is 13.1. The monoisotopic (exact) mass is 355 g/mol. The van der Waals surface area contributed by atoms with E-state index in [9.17, 15) is 4.39 Å². The predicted octanol–water partition coefficient (Wildman–Crippen LogP) is 4.60. The Morgan fingerprint density at radius 3 is 2.60 bits per heavy atom. The molecule has 20 heavy (non-hydrogen) atoms. The first-order chi connectivity index (χ1) is 9.60. The van der Waals surface area contributed by atoms with Gasteiger partial charge in [0.15, 0.2) is 0 Å². The molecular weight excluding hydrogens is 341 g/mol. The van der Waals surface area contributed by atoms with Gasteiger partial charge >= 0.3 is 0 Å². The van der Waals surface area contributed by atoms with Gasteiger partial charge in [-0.1, -0.05) is 51.8 Å². The van der Waals surface area contributed by atoms with Gasteiger partial charge in [0.05, 0.1) is 5.02 Å². The Bertz CT molecular complexity index is 588. The summed E-state index contributed by atoms with van der Waals surface area (Å²) in [5.41, 5.74) is 7.87. The van der Waals surface area contributed by atoms with Crippen LogP contribution in [0.1, 0.15) is 11.1 Å². The van der Waals surface area contributed by atoms with E-state index >= 15 is 0 Å². The molecule has 0 saturated heterocycles. The maximum absolute atomic E-state index is 13.4. The number of rotatable bonds is 5. The highest BCUT2D eigenvalue weighted by Crippen LogP contribution is 2.24. The molecule has 0 amide bonds. The van der Waals surface area contributed by atoms with Crippen LogP contribution >= 0.6 is 27.5 Å². The maximum atomic E-state index is 13.4. The Kier molecular flexibility index (Phi) is 5.58. The molecule has 2 aromatic rings. The molecule has 0 aliphatic heterocycles. The standard InChI is InChI=1S/C16H16BrClFN/c17-14-5-1-3-11(9-14)7-12(10-20)8-13-4-2-6-15(19)16(13)18/h1-6,9,12H,7-8,10,20H2. The van der Waals surface area contributed by atoms with Crippen molar-refractivity contribution in [1.29, 1.82) is 0 Å². The third-order valence-corrected chi connectivity index (χ3v) is 4.20. The Balaban J connectivity index is 2.11. The lowest BCUT2D eigenvalue weighted by Gasteiger charge is -2.16. The summed E-state index contributed by atoms with van der Waals surface area (Å²) in [6.45, 7) is 0.541. The largest absolute Gasteiger partial charge is 0.330 e. The molecule has 1 atom stereocenters. The first-order valence-electron chi connectivity index (χ1n) is 6.47. The van der Waals surface area contributed by atoms with Crippen molar-refractivity contribution in [2.24, 2.45) is 11.7 Å². The quantitative estimate of drug-likeness (QED) is 0.832. The van der Waals surface area contributed by atoms with E-state index in [0.29, 0.717) is 13.0 Å². The van der Waals surface area contributed by atoms with E-state index in [-0.39, 0.29) is 16.8 Å². The van der Waals surface area contributed by atoms with Crippen molar-refractivity contribution in [1.82, 2.24) is 0 Å². The van der Waals surface area contributed by atoms with Crippen LogP contribution in [0.5, 0.6) is 0 Å². The Labute approximate surface area is 132 Å². The van der Waals surface area contributed by atoms with Gasteiger partial charge in [-0.05, 0) is 54.6 Å². The van der Waals surface area contributed by atoms with Crippen LogP contribution in [0.15, 0.2) is 46.9 Å². The number of halogens is 3. The van der Waals surface area contributed by atoms with Crippen LogP contribution in [-0.2, 0) is 12.8 Å². The van der Waals surface area contributed by atoms with Crippen LogP contribution in [0.25, 0.3) is 0 Å². The minimum absolute atomic E-state index is 0.209. The average Bonchev–Trinajstić information content (AvgIpc) is 2.43. The van der Waals surface area contributed by atoms with Gasteiger partial charge in [0.2, 0.25) is 0 Å². The van der Waals surface area contributed by atoms with Gasteiger partial charge < -0.3 is 5.73 Å². The van der Waals surface area contributed by atoms with E-state index in [2.05, 4.69) is 28.1 Å². The van der Waals surface area contributed by atoms with Gasteiger partial charge in [-0.3, -0.25) is 0 Å². The lowest BCUT2D eigenvalue weighted by Crippen LogP contribution is -2.19. The van der Waals surface area contributed by atoms with Crippen LogP contribution in [0.2, 0.25) is 5.02 Å². The van der Waals surface area contributed by atoms with Gasteiger partial charge in [0, 0.05) is 4.47 Å². The first kappa shape index (κ1) is 15.5. The summed E-state index contributed by atoms with van der Waals surface area (Å²) in [7, 11) is 0. The van der Waals surface area contributed by atoms with Crippen LogP contribution in [0.3, 0.4) is 0 Å². The Hall–Kier alpha value is -0.900. The lowest BCUT2D eigenvalue weighted by atomic mass is 9.92. The molecule has 0 aliphatic rings. The minimum atomic E-state index is -0.373. The highest BCUT2D eigenvalue weighted by Gasteiger charge is 2.13. The molecule has 0 aliphatic carbocycles. The molecule has 0 aromatic heterocycles. The fraction of sp³-hybridized carbons (Fsp3) is 0.250. The first-order valence-corrected chi connectivity index (χ1v) is 7.64. The van der Waals surface area contributed by atoms with E-state index in [1.807, 2.05) is 18.2 Å². The molecule has 1 nitrogen and oxygen atoms in total. The zero-order chi connectivity index (χ0) is 14.5. The van der Waals surface area contributed by atoms with Crippen LogP contribution in [0.4, 0.5) is 4.39 Å². The molecule has 106 valence electrons. The van der Waals surface area contributed by atoms with E-state index < -0.39 is 0 Å². The molecule has 2 aromatic carbocycles. The minimum Gasteiger partial charge on any atom is -0.330 e. The third-order valence-electron chi connectivity index (χ3n) is 3.29. The second-order valence-electron chi connectivity index (χ2n) is 4.85. The van der Waals surface area contributed by atoms with E-state index in [1.165, 1.54) is 11.6 Å². The Morgan fingerprint density at radius 1 is 1.15 bits per heavy atom. The molecule has 0 radical (unpaired) electrons. The molecular formula is C16H16BrClFN. The van der Waals surface area contributed by atoms with E-state index in [4.69, 9.17) is 17.3 Å². The zero-order valence-corrected chi connectivity index (χ0v) is 13.3. The zero-order valence-electron chi connectivity index (χ0n) is 11.0. The van der Waals surface area contributed by atoms with Crippen molar-refractivity contribution in [3.8, 4) is 0 Å². The highest BCUT2D eigenvalue weighted by atomic mass is 79.9. The van der Waals surface area contributed by atoms with Gasteiger partial charge in [0.25, 0.3) is 0 Å². The van der Waals surface area contributed by atoms with Crippen molar-refractivity contribution in [2.45, 2.75) is 12.8 Å². The molecule has 0 heterocycles. The lowest BCUT2D eigenvalue weighted by molar-refractivity contribution is 0.530. The molecule has 0 spiro atoms. The van der Waals surface area contributed by atoms with E-state index in [1.54, 1.807) is 6.07 Å². The maximum Gasteiger partial charge on any atom is 0.142 e. The number of hydrogen-bond donors (Lipinski definition) is 1. The summed E-state index contributed by atoms with van der Waals surface area (Å²) in [5, 5.41) is 0.209. The van der Waals surface area contributed by atoms with Crippen molar-refractivity contribution < 1.29 is 4.39 Å². The Morgan fingerprint density at radius 2 is 1.90 bits per heavy atom. The number of benzene rings is 2. The normalized spacial score (nSPS) is 12.4. The SMILES string of the molecule is NCC(Cc1cccc(Br)c1)Cc1cccc(F)c1Cl. The molecule has 0 bridgehead atoms. The molecule has 0 saturated carbocycles. The molecule has 0 fully saturated rings. The fourth-order valence-corrected chi connectivity index (χ4v) is 2.90.